The predicted octanol–water partition coefficient (Wildman–Crippen LogP) is 3.19. The van der Waals surface area contributed by atoms with E-state index in [9.17, 15) is 4.79 Å². The van der Waals surface area contributed by atoms with Gasteiger partial charge in [0, 0.05) is 12.5 Å². The van der Waals surface area contributed by atoms with E-state index in [1.54, 1.807) is 0 Å². The molecule has 1 amide bonds. The average Bonchev–Trinajstić information content (AvgIpc) is 2.38. The zero-order valence-corrected chi connectivity index (χ0v) is 13.1. The molecule has 0 heterocycles. The summed E-state index contributed by atoms with van der Waals surface area (Å²) in [6.07, 6.45) is 2.31. The minimum atomic E-state index is -0.0457. The number of amides is 1. The highest BCUT2D eigenvalue weighted by molar-refractivity contribution is 5.77. The minimum absolute atomic E-state index is 0.0260. The van der Waals surface area contributed by atoms with Crippen LogP contribution in [0.15, 0.2) is 24.3 Å². The molecule has 1 aromatic carbocycles. The Hall–Kier alpha value is -1.35. The van der Waals surface area contributed by atoms with Crippen molar-refractivity contribution in [1.29, 1.82) is 0 Å². The standard InChI is InChI=1S/C17H28N2O/c1-5-16(18)11-17(20)19-13(4)15-8-6-14(7-9-15)10-12(2)3/h6-9,12-13,16H,5,10-11,18H2,1-4H3,(H,19,20). The molecule has 2 atom stereocenters. The van der Waals surface area contributed by atoms with E-state index in [2.05, 4.69) is 43.4 Å². The summed E-state index contributed by atoms with van der Waals surface area (Å²) in [4.78, 5) is 11.8. The highest BCUT2D eigenvalue weighted by Gasteiger charge is 2.12. The molecule has 20 heavy (non-hydrogen) atoms. The zero-order chi connectivity index (χ0) is 15.1. The third-order valence-corrected chi connectivity index (χ3v) is 3.47. The fourth-order valence-corrected chi connectivity index (χ4v) is 2.18. The van der Waals surface area contributed by atoms with Gasteiger partial charge in [0.25, 0.3) is 0 Å². The van der Waals surface area contributed by atoms with Crippen LogP contribution in [-0.4, -0.2) is 11.9 Å². The summed E-state index contributed by atoms with van der Waals surface area (Å²) in [5, 5.41) is 3.00. The van der Waals surface area contributed by atoms with Crippen molar-refractivity contribution in [2.45, 2.75) is 59.0 Å². The Bertz CT molecular complexity index is 412. The van der Waals surface area contributed by atoms with Gasteiger partial charge >= 0.3 is 0 Å². The van der Waals surface area contributed by atoms with Gasteiger partial charge in [0.05, 0.1) is 6.04 Å². The fourth-order valence-electron chi connectivity index (χ4n) is 2.18. The maximum absolute atomic E-state index is 11.8. The second-order valence-corrected chi connectivity index (χ2v) is 6.00. The van der Waals surface area contributed by atoms with Gasteiger partial charge in [-0.2, -0.15) is 0 Å². The van der Waals surface area contributed by atoms with Crippen LogP contribution < -0.4 is 11.1 Å². The number of carbonyl (C=O) groups excluding carboxylic acids is 1. The molecule has 3 heteroatoms. The Labute approximate surface area is 122 Å². The van der Waals surface area contributed by atoms with Crippen LogP contribution >= 0.6 is 0 Å². The van der Waals surface area contributed by atoms with Gasteiger partial charge in [0.15, 0.2) is 0 Å². The van der Waals surface area contributed by atoms with Gasteiger partial charge in [-0.3, -0.25) is 4.79 Å². The Balaban J connectivity index is 2.54. The quantitative estimate of drug-likeness (QED) is 0.803. The predicted molar refractivity (Wildman–Crippen MR) is 84.4 cm³/mol. The first-order valence-electron chi connectivity index (χ1n) is 7.56. The molecule has 1 aromatic rings. The molecule has 0 aliphatic carbocycles. The number of benzene rings is 1. The SMILES string of the molecule is CCC(N)CC(=O)NC(C)c1ccc(CC(C)C)cc1. The van der Waals surface area contributed by atoms with E-state index in [1.165, 1.54) is 5.56 Å². The van der Waals surface area contributed by atoms with E-state index in [0.717, 1.165) is 18.4 Å². The number of nitrogens with two attached hydrogens (primary N) is 1. The molecule has 0 aliphatic heterocycles. The van der Waals surface area contributed by atoms with Crippen molar-refractivity contribution in [3.05, 3.63) is 35.4 Å². The molecular weight excluding hydrogens is 248 g/mol. The van der Waals surface area contributed by atoms with Crippen LogP contribution in [-0.2, 0) is 11.2 Å². The van der Waals surface area contributed by atoms with Crippen molar-refractivity contribution >= 4 is 5.91 Å². The first-order chi connectivity index (χ1) is 9.42. The molecule has 112 valence electrons. The normalized spacial score (nSPS) is 14.1. The molecule has 1 rings (SSSR count). The monoisotopic (exact) mass is 276 g/mol. The third-order valence-electron chi connectivity index (χ3n) is 3.47. The van der Waals surface area contributed by atoms with E-state index >= 15 is 0 Å². The van der Waals surface area contributed by atoms with E-state index < -0.39 is 0 Å². The van der Waals surface area contributed by atoms with Crippen LogP contribution in [0.1, 0.15) is 57.7 Å². The molecule has 0 aliphatic rings. The van der Waals surface area contributed by atoms with Gasteiger partial charge in [-0.1, -0.05) is 45.0 Å². The van der Waals surface area contributed by atoms with E-state index in [4.69, 9.17) is 5.73 Å². The van der Waals surface area contributed by atoms with Crippen molar-refractivity contribution in [2.24, 2.45) is 11.7 Å². The average molecular weight is 276 g/mol. The second kappa shape index (κ2) is 8.05. The molecule has 0 aromatic heterocycles. The van der Waals surface area contributed by atoms with Crippen LogP contribution in [0.3, 0.4) is 0 Å². The van der Waals surface area contributed by atoms with Crippen LogP contribution in [0.5, 0.6) is 0 Å². The third kappa shape index (κ3) is 5.74. The van der Waals surface area contributed by atoms with Gasteiger partial charge in [-0.05, 0) is 36.8 Å². The Morgan fingerprint density at radius 3 is 2.30 bits per heavy atom. The van der Waals surface area contributed by atoms with Gasteiger partial charge < -0.3 is 11.1 Å². The molecule has 2 unspecified atom stereocenters. The highest BCUT2D eigenvalue weighted by Crippen LogP contribution is 2.15. The highest BCUT2D eigenvalue weighted by atomic mass is 16.1. The molecule has 0 saturated heterocycles. The number of rotatable bonds is 7. The van der Waals surface area contributed by atoms with Gasteiger partial charge in [0.2, 0.25) is 5.91 Å². The molecule has 3 nitrogen and oxygen atoms in total. The molecule has 0 bridgehead atoms. The summed E-state index contributed by atoms with van der Waals surface area (Å²) in [5.41, 5.74) is 8.27. The Morgan fingerprint density at radius 2 is 1.80 bits per heavy atom. The van der Waals surface area contributed by atoms with Gasteiger partial charge in [0.1, 0.15) is 0 Å². The van der Waals surface area contributed by atoms with Crippen molar-refractivity contribution in [3.63, 3.8) is 0 Å². The molecule has 0 radical (unpaired) electrons. The number of nitrogens with one attached hydrogen (secondary N) is 1. The first kappa shape index (κ1) is 16.7. The van der Waals surface area contributed by atoms with Crippen LogP contribution in [0.4, 0.5) is 0 Å². The smallest absolute Gasteiger partial charge is 0.222 e. The Morgan fingerprint density at radius 1 is 1.20 bits per heavy atom. The summed E-state index contributed by atoms with van der Waals surface area (Å²) < 4.78 is 0. The lowest BCUT2D eigenvalue weighted by atomic mass is 10.00. The summed E-state index contributed by atoms with van der Waals surface area (Å²) in [5.74, 6) is 0.687. The van der Waals surface area contributed by atoms with Crippen LogP contribution in [0.2, 0.25) is 0 Å². The summed E-state index contributed by atoms with van der Waals surface area (Å²) in [6.45, 7) is 8.43. The lowest BCUT2D eigenvalue weighted by Gasteiger charge is -2.16. The van der Waals surface area contributed by atoms with Crippen LogP contribution in [0.25, 0.3) is 0 Å². The summed E-state index contributed by atoms with van der Waals surface area (Å²) in [6, 6.07) is 8.48. The lowest BCUT2D eigenvalue weighted by molar-refractivity contribution is -0.122. The largest absolute Gasteiger partial charge is 0.350 e. The van der Waals surface area contributed by atoms with Crippen molar-refractivity contribution < 1.29 is 4.79 Å². The van der Waals surface area contributed by atoms with Crippen molar-refractivity contribution in [2.75, 3.05) is 0 Å². The molecule has 3 N–H and O–H groups in total. The summed E-state index contributed by atoms with van der Waals surface area (Å²) >= 11 is 0. The second-order valence-electron chi connectivity index (χ2n) is 6.00. The first-order valence-corrected chi connectivity index (χ1v) is 7.56. The fraction of sp³-hybridized carbons (Fsp3) is 0.588. The van der Waals surface area contributed by atoms with Gasteiger partial charge in [-0.25, -0.2) is 0 Å². The number of hydrogen-bond acceptors (Lipinski definition) is 2. The minimum Gasteiger partial charge on any atom is -0.350 e. The van der Waals surface area contributed by atoms with E-state index in [1.807, 2.05) is 13.8 Å². The van der Waals surface area contributed by atoms with Gasteiger partial charge in [-0.15, -0.1) is 0 Å². The molecule has 0 fully saturated rings. The van der Waals surface area contributed by atoms with Crippen molar-refractivity contribution in [1.82, 2.24) is 5.32 Å². The lowest BCUT2D eigenvalue weighted by Crippen LogP contribution is -2.32. The topological polar surface area (TPSA) is 55.1 Å². The number of carbonyl (C=O) groups is 1. The summed E-state index contributed by atoms with van der Waals surface area (Å²) in [7, 11) is 0. The maximum Gasteiger partial charge on any atom is 0.222 e. The maximum atomic E-state index is 11.8. The Kier molecular flexibility index (Phi) is 6.73. The van der Waals surface area contributed by atoms with Crippen molar-refractivity contribution in [3.8, 4) is 0 Å². The van der Waals surface area contributed by atoms with Crippen LogP contribution in [0, 0.1) is 5.92 Å². The van der Waals surface area contributed by atoms with E-state index in [0.29, 0.717) is 12.3 Å². The molecule has 0 saturated carbocycles. The van der Waals surface area contributed by atoms with E-state index in [-0.39, 0.29) is 18.0 Å². The molecular formula is C17H28N2O. The number of hydrogen-bond donors (Lipinski definition) is 2. The molecule has 0 spiro atoms. The zero-order valence-electron chi connectivity index (χ0n) is 13.1.